The van der Waals surface area contributed by atoms with Crippen LogP contribution in [0.3, 0.4) is 0 Å². The van der Waals surface area contributed by atoms with E-state index < -0.39 is 0 Å². The van der Waals surface area contributed by atoms with Gasteiger partial charge in [0.2, 0.25) is 5.13 Å². The van der Waals surface area contributed by atoms with E-state index >= 15 is 0 Å². The molecule has 3 aromatic rings. The molecule has 108 valence electrons. The molecule has 3 rings (SSSR count). The molecule has 0 fully saturated rings. The fourth-order valence-corrected chi connectivity index (χ4v) is 3.33. The molecule has 0 saturated heterocycles. The average molecular weight is 364 g/mol. The Balaban J connectivity index is 1.76. The van der Waals surface area contributed by atoms with Crippen molar-refractivity contribution in [2.24, 2.45) is 0 Å². The Morgan fingerprint density at radius 1 is 1.19 bits per heavy atom. The van der Waals surface area contributed by atoms with Gasteiger partial charge < -0.3 is 10.1 Å². The molecule has 0 bridgehead atoms. The lowest BCUT2D eigenvalue weighted by Crippen LogP contribution is -1.95. The van der Waals surface area contributed by atoms with Gasteiger partial charge in [0.15, 0.2) is 5.01 Å². The van der Waals surface area contributed by atoms with E-state index in [1.165, 1.54) is 16.7 Å². The van der Waals surface area contributed by atoms with Crippen LogP contribution in [0.25, 0.3) is 10.8 Å². The Kier molecular flexibility index (Phi) is 4.36. The van der Waals surface area contributed by atoms with Gasteiger partial charge in [-0.1, -0.05) is 41.7 Å². The number of ether oxygens (including phenoxy) is 1. The summed E-state index contributed by atoms with van der Waals surface area (Å²) >= 11 is 5.13. The number of nitrogens with one attached hydrogen (secondary N) is 1. The molecular formula is C15H14BrN3OS. The lowest BCUT2D eigenvalue weighted by atomic mass is 10.1. The monoisotopic (exact) mass is 363 g/mol. The van der Waals surface area contributed by atoms with E-state index in [0.29, 0.717) is 6.61 Å². The van der Waals surface area contributed by atoms with Crippen molar-refractivity contribution >= 4 is 43.2 Å². The molecule has 0 unspecified atom stereocenters. The molecule has 0 atom stereocenters. The van der Waals surface area contributed by atoms with Crippen LogP contribution in [0.15, 0.2) is 40.9 Å². The highest BCUT2D eigenvalue weighted by atomic mass is 79.9. The predicted octanol–water partition coefficient (Wildman–Crippen LogP) is 4.46. The maximum atomic E-state index is 5.86. The Morgan fingerprint density at radius 2 is 2.05 bits per heavy atom. The number of hydrogen-bond acceptors (Lipinski definition) is 5. The standard InChI is InChI=1S/C15H14BrN3OS/c1-2-17-15-19-18-13(21-15)9-20-12-8-7-10-5-3-4-6-11(10)14(12)16/h3-8H,2,9H2,1H3,(H,17,19). The first-order chi connectivity index (χ1) is 10.3. The fraction of sp³-hybridized carbons (Fsp3) is 0.200. The highest BCUT2D eigenvalue weighted by Crippen LogP contribution is 2.33. The van der Waals surface area contributed by atoms with Crippen LogP contribution in [-0.2, 0) is 6.61 Å². The molecule has 21 heavy (non-hydrogen) atoms. The van der Waals surface area contributed by atoms with Crippen LogP contribution in [0.2, 0.25) is 0 Å². The minimum Gasteiger partial charge on any atom is -0.485 e. The molecule has 6 heteroatoms. The second-order valence-corrected chi connectivity index (χ2v) is 6.27. The topological polar surface area (TPSA) is 47.0 Å². The molecule has 1 N–H and O–H groups in total. The molecule has 0 aliphatic rings. The van der Waals surface area contributed by atoms with Gasteiger partial charge in [-0.15, -0.1) is 10.2 Å². The predicted molar refractivity (Wildman–Crippen MR) is 90.1 cm³/mol. The van der Waals surface area contributed by atoms with E-state index in [9.17, 15) is 0 Å². The lowest BCUT2D eigenvalue weighted by molar-refractivity contribution is 0.303. The summed E-state index contributed by atoms with van der Waals surface area (Å²) in [5.74, 6) is 0.814. The van der Waals surface area contributed by atoms with E-state index in [2.05, 4.69) is 49.6 Å². The summed E-state index contributed by atoms with van der Waals surface area (Å²) < 4.78 is 6.83. The van der Waals surface area contributed by atoms with Crippen molar-refractivity contribution in [3.63, 3.8) is 0 Å². The SMILES string of the molecule is CCNc1nnc(COc2ccc3ccccc3c2Br)s1. The Morgan fingerprint density at radius 3 is 2.90 bits per heavy atom. The summed E-state index contributed by atoms with van der Waals surface area (Å²) in [5.41, 5.74) is 0. The van der Waals surface area contributed by atoms with Crippen LogP contribution in [0.1, 0.15) is 11.9 Å². The first-order valence-electron chi connectivity index (χ1n) is 6.64. The van der Waals surface area contributed by atoms with Crippen LogP contribution < -0.4 is 10.1 Å². The molecule has 0 aliphatic heterocycles. The van der Waals surface area contributed by atoms with Gasteiger partial charge in [-0.05, 0) is 39.7 Å². The van der Waals surface area contributed by atoms with Gasteiger partial charge >= 0.3 is 0 Å². The molecule has 2 aromatic carbocycles. The molecule has 0 amide bonds. The molecule has 1 heterocycles. The van der Waals surface area contributed by atoms with E-state index in [1.807, 2.05) is 25.1 Å². The van der Waals surface area contributed by atoms with Crippen LogP contribution >= 0.6 is 27.3 Å². The van der Waals surface area contributed by atoms with Crippen molar-refractivity contribution in [1.82, 2.24) is 10.2 Å². The van der Waals surface area contributed by atoms with Crippen molar-refractivity contribution in [3.8, 4) is 5.75 Å². The van der Waals surface area contributed by atoms with Gasteiger partial charge in [0.25, 0.3) is 0 Å². The second-order valence-electron chi connectivity index (χ2n) is 4.42. The molecule has 4 nitrogen and oxygen atoms in total. The Bertz CT molecular complexity index is 760. The fourth-order valence-electron chi connectivity index (χ4n) is 2.00. The minimum atomic E-state index is 0.417. The molecule has 0 spiro atoms. The van der Waals surface area contributed by atoms with Gasteiger partial charge in [0.05, 0.1) is 4.47 Å². The zero-order valence-electron chi connectivity index (χ0n) is 11.5. The maximum absolute atomic E-state index is 5.86. The third-order valence-corrected chi connectivity index (χ3v) is 4.65. The normalized spacial score (nSPS) is 10.8. The number of halogens is 1. The molecule has 0 saturated carbocycles. The van der Waals surface area contributed by atoms with Gasteiger partial charge in [-0.25, -0.2) is 0 Å². The third-order valence-electron chi connectivity index (χ3n) is 2.97. The number of nitrogens with zero attached hydrogens (tertiary/aromatic N) is 2. The molecule has 0 aliphatic carbocycles. The van der Waals surface area contributed by atoms with Crippen LogP contribution in [0, 0.1) is 0 Å². The summed E-state index contributed by atoms with van der Waals surface area (Å²) in [6.45, 7) is 3.29. The summed E-state index contributed by atoms with van der Waals surface area (Å²) in [4.78, 5) is 0. The van der Waals surface area contributed by atoms with Gasteiger partial charge in [-0.2, -0.15) is 0 Å². The van der Waals surface area contributed by atoms with Crippen LogP contribution in [-0.4, -0.2) is 16.7 Å². The zero-order valence-corrected chi connectivity index (χ0v) is 13.9. The molecule has 1 aromatic heterocycles. The second kappa shape index (κ2) is 6.41. The van der Waals surface area contributed by atoms with Crippen molar-refractivity contribution in [2.45, 2.75) is 13.5 Å². The molecule has 0 radical (unpaired) electrons. The van der Waals surface area contributed by atoms with Crippen molar-refractivity contribution in [2.75, 3.05) is 11.9 Å². The first-order valence-corrected chi connectivity index (χ1v) is 8.25. The summed E-state index contributed by atoms with van der Waals surface area (Å²) in [5, 5.41) is 15.3. The van der Waals surface area contributed by atoms with Crippen molar-refractivity contribution < 1.29 is 4.74 Å². The average Bonchev–Trinajstić information content (AvgIpc) is 2.95. The number of anilines is 1. The number of fused-ring (bicyclic) bond motifs is 1. The quantitative estimate of drug-likeness (QED) is 0.726. The third kappa shape index (κ3) is 3.16. The smallest absolute Gasteiger partial charge is 0.205 e. The van der Waals surface area contributed by atoms with E-state index in [4.69, 9.17) is 4.74 Å². The van der Waals surface area contributed by atoms with Gasteiger partial charge in [0.1, 0.15) is 12.4 Å². The number of hydrogen-bond donors (Lipinski definition) is 1. The lowest BCUT2D eigenvalue weighted by Gasteiger charge is -2.08. The first kappa shape index (κ1) is 14.3. The zero-order chi connectivity index (χ0) is 14.7. The maximum Gasteiger partial charge on any atom is 0.205 e. The van der Waals surface area contributed by atoms with Gasteiger partial charge in [-0.3, -0.25) is 0 Å². The largest absolute Gasteiger partial charge is 0.485 e. The summed E-state index contributed by atoms with van der Waals surface area (Å²) in [6.07, 6.45) is 0. The van der Waals surface area contributed by atoms with E-state index in [-0.39, 0.29) is 0 Å². The van der Waals surface area contributed by atoms with Crippen LogP contribution in [0.5, 0.6) is 5.75 Å². The highest BCUT2D eigenvalue weighted by molar-refractivity contribution is 9.10. The number of rotatable bonds is 5. The Labute approximate surface area is 135 Å². The highest BCUT2D eigenvalue weighted by Gasteiger charge is 2.08. The van der Waals surface area contributed by atoms with Crippen LogP contribution in [0.4, 0.5) is 5.13 Å². The number of aromatic nitrogens is 2. The van der Waals surface area contributed by atoms with Crippen molar-refractivity contribution in [3.05, 3.63) is 45.9 Å². The summed E-state index contributed by atoms with van der Waals surface area (Å²) in [6, 6.07) is 12.2. The molecular weight excluding hydrogens is 350 g/mol. The van der Waals surface area contributed by atoms with Crippen molar-refractivity contribution in [1.29, 1.82) is 0 Å². The number of benzene rings is 2. The van der Waals surface area contributed by atoms with E-state index in [1.54, 1.807) is 0 Å². The van der Waals surface area contributed by atoms with E-state index in [0.717, 1.165) is 32.3 Å². The Hall–Kier alpha value is -1.66. The minimum absolute atomic E-state index is 0.417. The van der Waals surface area contributed by atoms with Gasteiger partial charge in [0, 0.05) is 6.54 Å². The summed E-state index contributed by atoms with van der Waals surface area (Å²) in [7, 11) is 0.